The van der Waals surface area contributed by atoms with E-state index in [1.54, 1.807) is 23.9 Å². The number of rotatable bonds is 4. The number of thioether (sulfide) groups is 1. The van der Waals surface area contributed by atoms with E-state index in [2.05, 4.69) is 10.2 Å². The maximum absolute atomic E-state index is 12.9. The van der Waals surface area contributed by atoms with Crippen molar-refractivity contribution in [2.24, 2.45) is 0 Å². The quantitative estimate of drug-likeness (QED) is 0.613. The lowest BCUT2D eigenvalue weighted by atomic mass is 10.1. The zero-order valence-electron chi connectivity index (χ0n) is 11.5. The Labute approximate surface area is 137 Å². The van der Waals surface area contributed by atoms with Crippen LogP contribution in [0.5, 0.6) is 0 Å². The number of nitrogens with zero attached hydrogens (tertiary/aromatic N) is 2. The summed E-state index contributed by atoms with van der Waals surface area (Å²) in [5, 5.41) is 9.98. The van der Waals surface area contributed by atoms with Crippen LogP contribution >= 0.6 is 23.4 Å². The number of hydrogen-bond acceptors (Lipinski definition) is 3. The molecule has 3 rings (SSSR count). The second-order valence-corrected chi connectivity index (χ2v) is 6.11. The molecule has 0 saturated carbocycles. The molecule has 2 nitrogen and oxygen atoms in total. The Morgan fingerprint density at radius 3 is 2.23 bits per heavy atom. The Morgan fingerprint density at radius 1 is 0.864 bits per heavy atom. The van der Waals surface area contributed by atoms with Crippen molar-refractivity contribution in [3.05, 3.63) is 77.1 Å². The van der Waals surface area contributed by atoms with E-state index in [1.165, 1.54) is 17.7 Å². The summed E-state index contributed by atoms with van der Waals surface area (Å²) < 4.78 is 12.9. The standard InChI is InChI=1S/C17H12ClFN2S/c18-14-5-1-12(2-6-14)11-22-17-10-9-16(20-21-17)13-3-7-15(19)8-4-13/h1-10H,11H2. The van der Waals surface area contributed by atoms with Crippen LogP contribution in [0.4, 0.5) is 4.39 Å². The fourth-order valence-electron chi connectivity index (χ4n) is 1.91. The molecule has 1 heterocycles. The van der Waals surface area contributed by atoms with Gasteiger partial charge in [0.05, 0.1) is 5.69 Å². The van der Waals surface area contributed by atoms with E-state index in [-0.39, 0.29) is 5.82 Å². The Kier molecular flexibility index (Phi) is 4.71. The number of benzene rings is 2. The molecule has 0 bridgehead atoms. The van der Waals surface area contributed by atoms with Crippen LogP contribution in [0, 0.1) is 5.82 Å². The first kappa shape index (κ1) is 15.0. The molecule has 0 fully saturated rings. The first-order valence-electron chi connectivity index (χ1n) is 6.67. The first-order chi connectivity index (χ1) is 10.7. The minimum absolute atomic E-state index is 0.258. The average Bonchev–Trinajstić information content (AvgIpc) is 2.56. The predicted octanol–water partition coefficient (Wildman–Crippen LogP) is 5.23. The summed E-state index contributed by atoms with van der Waals surface area (Å²) >= 11 is 7.47. The molecule has 1 aromatic heterocycles. The van der Waals surface area contributed by atoms with Crippen molar-refractivity contribution in [2.45, 2.75) is 10.8 Å². The van der Waals surface area contributed by atoms with Gasteiger partial charge in [0, 0.05) is 16.3 Å². The molecule has 5 heteroatoms. The van der Waals surface area contributed by atoms with Crippen LogP contribution < -0.4 is 0 Å². The van der Waals surface area contributed by atoms with Crippen LogP contribution in [0.3, 0.4) is 0 Å². The van der Waals surface area contributed by atoms with E-state index in [0.717, 1.165) is 27.1 Å². The van der Waals surface area contributed by atoms with Crippen LogP contribution in [0.1, 0.15) is 5.56 Å². The van der Waals surface area contributed by atoms with Gasteiger partial charge >= 0.3 is 0 Å². The molecule has 0 radical (unpaired) electrons. The van der Waals surface area contributed by atoms with Crippen LogP contribution in [0.25, 0.3) is 11.3 Å². The summed E-state index contributed by atoms with van der Waals surface area (Å²) in [6.07, 6.45) is 0. The highest BCUT2D eigenvalue weighted by molar-refractivity contribution is 7.98. The third-order valence-electron chi connectivity index (χ3n) is 3.08. The summed E-state index contributed by atoms with van der Waals surface area (Å²) in [4.78, 5) is 0. The molecule has 0 aliphatic carbocycles. The summed E-state index contributed by atoms with van der Waals surface area (Å²) in [6.45, 7) is 0. The van der Waals surface area contributed by atoms with Crippen molar-refractivity contribution in [3.8, 4) is 11.3 Å². The second-order valence-electron chi connectivity index (χ2n) is 4.68. The van der Waals surface area contributed by atoms with Crippen LogP contribution in [0.2, 0.25) is 5.02 Å². The lowest BCUT2D eigenvalue weighted by Gasteiger charge is -2.03. The molecule has 0 N–H and O–H groups in total. The fraction of sp³-hybridized carbons (Fsp3) is 0.0588. The third-order valence-corrected chi connectivity index (χ3v) is 4.32. The molecule has 0 spiro atoms. The molecule has 2 aromatic carbocycles. The predicted molar refractivity (Wildman–Crippen MR) is 88.4 cm³/mol. The van der Waals surface area contributed by atoms with Crippen molar-refractivity contribution in [1.82, 2.24) is 10.2 Å². The zero-order chi connectivity index (χ0) is 15.4. The summed E-state index contributed by atoms with van der Waals surface area (Å²) in [5.74, 6) is 0.550. The van der Waals surface area contributed by atoms with E-state index >= 15 is 0 Å². The molecular weight excluding hydrogens is 319 g/mol. The van der Waals surface area contributed by atoms with Gasteiger partial charge in [0.1, 0.15) is 10.8 Å². The van der Waals surface area contributed by atoms with Gasteiger partial charge in [0.2, 0.25) is 0 Å². The third kappa shape index (κ3) is 3.84. The Hall–Kier alpha value is -1.91. The van der Waals surface area contributed by atoms with Gasteiger partial charge in [-0.15, -0.1) is 10.2 Å². The molecular formula is C17H12ClFN2S. The summed E-state index contributed by atoms with van der Waals surface area (Å²) in [6, 6.07) is 17.8. The van der Waals surface area contributed by atoms with E-state index in [9.17, 15) is 4.39 Å². The monoisotopic (exact) mass is 330 g/mol. The lowest BCUT2D eigenvalue weighted by Crippen LogP contribution is -1.90. The number of hydrogen-bond donors (Lipinski definition) is 0. The van der Waals surface area contributed by atoms with Gasteiger partial charge in [-0.2, -0.15) is 0 Å². The van der Waals surface area contributed by atoms with E-state index < -0.39 is 0 Å². The van der Waals surface area contributed by atoms with Crippen LogP contribution in [0.15, 0.2) is 65.7 Å². The van der Waals surface area contributed by atoms with Gasteiger partial charge in [-0.1, -0.05) is 35.5 Å². The van der Waals surface area contributed by atoms with E-state index in [0.29, 0.717) is 0 Å². The molecule has 0 atom stereocenters. The second kappa shape index (κ2) is 6.90. The SMILES string of the molecule is Fc1ccc(-c2ccc(SCc3ccc(Cl)cc3)nn2)cc1. The van der Waals surface area contributed by atoms with Gasteiger partial charge in [0.25, 0.3) is 0 Å². The molecule has 22 heavy (non-hydrogen) atoms. The highest BCUT2D eigenvalue weighted by Gasteiger charge is 2.03. The Morgan fingerprint density at radius 2 is 1.59 bits per heavy atom. The topological polar surface area (TPSA) is 25.8 Å². The molecule has 3 aromatic rings. The fourth-order valence-corrected chi connectivity index (χ4v) is 2.81. The van der Waals surface area contributed by atoms with Gasteiger partial charge in [0.15, 0.2) is 0 Å². The summed E-state index contributed by atoms with van der Waals surface area (Å²) in [7, 11) is 0. The van der Waals surface area contributed by atoms with Crippen molar-refractivity contribution in [3.63, 3.8) is 0 Å². The van der Waals surface area contributed by atoms with Crippen LogP contribution in [-0.4, -0.2) is 10.2 Å². The first-order valence-corrected chi connectivity index (χ1v) is 8.04. The van der Waals surface area contributed by atoms with Gasteiger partial charge < -0.3 is 0 Å². The average molecular weight is 331 g/mol. The highest BCUT2D eigenvalue weighted by Crippen LogP contribution is 2.23. The maximum Gasteiger partial charge on any atom is 0.123 e. The maximum atomic E-state index is 12.9. The smallest absolute Gasteiger partial charge is 0.123 e. The minimum Gasteiger partial charge on any atom is -0.207 e. The Balaban J connectivity index is 1.66. The normalized spacial score (nSPS) is 10.6. The van der Waals surface area contributed by atoms with E-state index in [4.69, 9.17) is 11.6 Å². The Bertz CT molecular complexity index is 743. The molecule has 0 saturated heterocycles. The van der Waals surface area contributed by atoms with Crippen molar-refractivity contribution in [1.29, 1.82) is 0 Å². The number of aromatic nitrogens is 2. The number of halogens is 2. The van der Waals surface area contributed by atoms with Crippen LogP contribution in [-0.2, 0) is 5.75 Å². The zero-order valence-corrected chi connectivity index (χ0v) is 13.1. The highest BCUT2D eigenvalue weighted by atomic mass is 35.5. The molecule has 0 amide bonds. The van der Waals surface area contributed by atoms with E-state index in [1.807, 2.05) is 36.4 Å². The van der Waals surface area contributed by atoms with Gasteiger partial charge in [-0.25, -0.2) is 4.39 Å². The molecule has 110 valence electrons. The summed E-state index contributed by atoms with van der Waals surface area (Å²) in [5.41, 5.74) is 2.76. The minimum atomic E-state index is -0.258. The van der Waals surface area contributed by atoms with Crippen molar-refractivity contribution < 1.29 is 4.39 Å². The molecule has 0 unspecified atom stereocenters. The largest absolute Gasteiger partial charge is 0.207 e. The van der Waals surface area contributed by atoms with Gasteiger partial charge in [-0.05, 0) is 54.1 Å². The van der Waals surface area contributed by atoms with Gasteiger partial charge in [-0.3, -0.25) is 0 Å². The van der Waals surface area contributed by atoms with Crippen molar-refractivity contribution >= 4 is 23.4 Å². The molecule has 0 aliphatic heterocycles. The lowest BCUT2D eigenvalue weighted by molar-refractivity contribution is 0.628. The van der Waals surface area contributed by atoms with Crippen molar-refractivity contribution in [2.75, 3.05) is 0 Å². The molecule has 0 aliphatic rings.